The smallest absolute Gasteiger partial charge is 0.325 e. The maximum atomic E-state index is 11.6. The zero-order chi connectivity index (χ0) is 15.3. The molecular formula is C12H22N4O4. The van der Waals surface area contributed by atoms with Crippen molar-refractivity contribution in [2.24, 2.45) is 11.7 Å². The number of rotatable bonds is 5. The SMILES string of the molecule is CC(C)CNC(=O)NC(=O)CN1CCC(N)(C(=O)O)C1. The van der Waals surface area contributed by atoms with Crippen molar-refractivity contribution in [3.05, 3.63) is 0 Å². The summed E-state index contributed by atoms with van der Waals surface area (Å²) in [6, 6.07) is -0.542. The van der Waals surface area contributed by atoms with Crippen LogP contribution in [0.15, 0.2) is 0 Å². The molecule has 1 heterocycles. The van der Waals surface area contributed by atoms with Crippen LogP contribution in [-0.2, 0) is 9.59 Å². The van der Waals surface area contributed by atoms with Crippen molar-refractivity contribution in [2.45, 2.75) is 25.8 Å². The van der Waals surface area contributed by atoms with Gasteiger partial charge in [0.1, 0.15) is 5.54 Å². The van der Waals surface area contributed by atoms with E-state index in [0.29, 0.717) is 19.0 Å². The first-order chi connectivity index (χ1) is 9.23. The summed E-state index contributed by atoms with van der Waals surface area (Å²) in [7, 11) is 0. The zero-order valence-electron chi connectivity index (χ0n) is 11.8. The summed E-state index contributed by atoms with van der Waals surface area (Å²) in [5.41, 5.74) is 4.39. The van der Waals surface area contributed by atoms with Gasteiger partial charge in [-0.1, -0.05) is 13.8 Å². The van der Waals surface area contributed by atoms with Crippen LogP contribution >= 0.6 is 0 Å². The molecule has 3 amide bonds. The van der Waals surface area contributed by atoms with Gasteiger partial charge in [-0.15, -0.1) is 0 Å². The van der Waals surface area contributed by atoms with Gasteiger partial charge in [0.05, 0.1) is 6.54 Å². The van der Waals surface area contributed by atoms with E-state index in [4.69, 9.17) is 10.8 Å². The number of likely N-dealkylation sites (tertiary alicyclic amines) is 1. The van der Waals surface area contributed by atoms with Crippen LogP contribution in [0.5, 0.6) is 0 Å². The van der Waals surface area contributed by atoms with Gasteiger partial charge in [-0.2, -0.15) is 0 Å². The van der Waals surface area contributed by atoms with Crippen LogP contribution in [-0.4, -0.2) is 59.6 Å². The lowest BCUT2D eigenvalue weighted by Crippen LogP contribution is -2.51. The number of hydrogen-bond donors (Lipinski definition) is 4. The molecule has 114 valence electrons. The Morgan fingerprint density at radius 1 is 1.40 bits per heavy atom. The Hall–Kier alpha value is -1.67. The third kappa shape index (κ3) is 4.78. The minimum Gasteiger partial charge on any atom is -0.480 e. The van der Waals surface area contributed by atoms with Crippen LogP contribution in [0.1, 0.15) is 20.3 Å². The molecule has 0 aliphatic carbocycles. The first kappa shape index (κ1) is 16.4. The van der Waals surface area contributed by atoms with E-state index in [1.807, 2.05) is 13.8 Å². The molecule has 1 aliphatic heterocycles. The summed E-state index contributed by atoms with van der Waals surface area (Å²) in [4.78, 5) is 35.6. The van der Waals surface area contributed by atoms with Gasteiger partial charge in [0.15, 0.2) is 0 Å². The standard InChI is InChI=1S/C12H22N4O4/c1-8(2)5-14-11(20)15-9(17)6-16-4-3-12(13,7-16)10(18)19/h8H,3-7,13H2,1-2H3,(H,18,19)(H2,14,15,17,20). The van der Waals surface area contributed by atoms with E-state index in [1.165, 1.54) is 0 Å². The maximum Gasteiger partial charge on any atom is 0.325 e. The molecule has 1 saturated heterocycles. The normalized spacial score (nSPS) is 22.8. The molecule has 1 atom stereocenters. The number of carbonyl (C=O) groups is 3. The lowest BCUT2D eigenvalue weighted by molar-refractivity contribution is -0.143. The quantitative estimate of drug-likeness (QED) is 0.511. The number of aliphatic carboxylic acids is 1. The van der Waals surface area contributed by atoms with Crippen LogP contribution in [0.2, 0.25) is 0 Å². The van der Waals surface area contributed by atoms with Crippen LogP contribution < -0.4 is 16.4 Å². The van der Waals surface area contributed by atoms with Crippen molar-refractivity contribution in [1.82, 2.24) is 15.5 Å². The maximum absolute atomic E-state index is 11.6. The van der Waals surface area contributed by atoms with Gasteiger partial charge >= 0.3 is 12.0 Å². The van der Waals surface area contributed by atoms with Crippen molar-refractivity contribution < 1.29 is 19.5 Å². The van der Waals surface area contributed by atoms with E-state index in [2.05, 4.69) is 10.6 Å². The highest BCUT2D eigenvalue weighted by Crippen LogP contribution is 2.18. The molecule has 1 unspecified atom stereocenters. The van der Waals surface area contributed by atoms with E-state index < -0.39 is 23.4 Å². The molecule has 0 aromatic carbocycles. The average molecular weight is 286 g/mol. The van der Waals surface area contributed by atoms with Gasteiger partial charge in [-0.05, 0) is 12.3 Å². The summed E-state index contributed by atoms with van der Waals surface area (Å²) in [5.74, 6) is -1.25. The number of carbonyl (C=O) groups excluding carboxylic acids is 2. The van der Waals surface area contributed by atoms with E-state index in [1.54, 1.807) is 4.90 Å². The second kappa shape index (κ2) is 6.67. The Morgan fingerprint density at radius 3 is 2.55 bits per heavy atom. The van der Waals surface area contributed by atoms with Crippen molar-refractivity contribution in [1.29, 1.82) is 0 Å². The molecule has 5 N–H and O–H groups in total. The van der Waals surface area contributed by atoms with E-state index in [0.717, 1.165) is 0 Å². The second-order valence-corrected chi connectivity index (χ2v) is 5.57. The highest BCUT2D eigenvalue weighted by Gasteiger charge is 2.41. The molecule has 0 radical (unpaired) electrons. The minimum atomic E-state index is -1.31. The number of urea groups is 1. The fourth-order valence-corrected chi connectivity index (χ4v) is 1.93. The molecule has 1 rings (SSSR count). The van der Waals surface area contributed by atoms with Crippen LogP contribution in [0.4, 0.5) is 4.79 Å². The van der Waals surface area contributed by atoms with Crippen LogP contribution in [0.25, 0.3) is 0 Å². The number of amides is 3. The Balaban J connectivity index is 2.34. The third-order valence-corrected chi connectivity index (χ3v) is 3.10. The molecule has 0 aromatic heterocycles. The Kier molecular flexibility index (Phi) is 5.46. The highest BCUT2D eigenvalue weighted by molar-refractivity contribution is 5.95. The van der Waals surface area contributed by atoms with Crippen molar-refractivity contribution in [3.63, 3.8) is 0 Å². The fraction of sp³-hybridized carbons (Fsp3) is 0.750. The molecule has 0 saturated carbocycles. The zero-order valence-corrected chi connectivity index (χ0v) is 11.8. The lowest BCUT2D eigenvalue weighted by Gasteiger charge is -2.19. The number of nitrogens with one attached hydrogen (secondary N) is 2. The first-order valence-corrected chi connectivity index (χ1v) is 6.55. The summed E-state index contributed by atoms with van der Waals surface area (Å²) in [6.45, 7) is 4.85. The van der Waals surface area contributed by atoms with Crippen LogP contribution in [0.3, 0.4) is 0 Å². The average Bonchev–Trinajstić information content (AvgIpc) is 2.69. The fourth-order valence-electron chi connectivity index (χ4n) is 1.93. The minimum absolute atomic E-state index is 0.0403. The van der Waals surface area contributed by atoms with E-state index in [-0.39, 0.29) is 19.5 Å². The number of nitrogens with zero attached hydrogens (tertiary/aromatic N) is 1. The molecule has 1 fully saturated rings. The van der Waals surface area contributed by atoms with Gasteiger partial charge in [0.25, 0.3) is 0 Å². The number of carboxylic acid groups (broad SMARTS) is 1. The molecule has 8 nitrogen and oxygen atoms in total. The Labute approximate surface area is 117 Å². The van der Waals surface area contributed by atoms with Crippen molar-refractivity contribution in [2.75, 3.05) is 26.2 Å². The molecule has 8 heteroatoms. The number of imide groups is 1. The predicted molar refractivity (Wildman–Crippen MR) is 72.0 cm³/mol. The second-order valence-electron chi connectivity index (χ2n) is 5.57. The van der Waals surface area contributed by atoms with Crippen molar-refractivity contribution in [3.8, 4) is 0 Å². The Morgan fingerprint density at radius 2 is 2.05 bits per heavy atom. The summed E-state index contributed by atoms with van der Waals surface area (Å²) in [5, 5.41) is 13.7. The van der Waals surface area contributed by atoms with Gasteiger partial charge in [-0.3, -0.25) is 19.8 Å². The van der Waals surface area contributed by atoms with E-state index in [9.17, 15) is 14.4 Å². The predicted octanol–water partition coefficient (Wildman–Crippen LogP) is -1.04. The molecule has 0 aromatic rings. The summed E-state index contributed by atoms with van der Waals surface area (Å²) < 4.78 is 0. The summed E-state index contributed by atoms with van der Waals surface area (Å²) >= 11 is 0. The molecule has 0 bridgehead atoms. The monoisotopic (exact) mass is 286 g/mol. The largest absolute Gasteiger partial charge is 0.480 e. The molecule has 20 heavy (non-hydrogen) atoms. The molecule has 1 aliphatic rings. The third-order valence-electron chi connectivity index (χ3n) is 3.10. The van der Waals surface area contributed by atoms with E-state index >= 15 is 0 Å². The summed E-state index contributed by atoms with van der Waals surface area (Å²) in [6.07, 6.45) is 0.287. The van der Waals surface area contributed by atoms with Gasteiger partial charge in [0, 0.05) is 19.6 Å². The highest BCUT2D eigenvalue weighted by atomic mass is 16.4. The number of carboxylic acids is 1. The Bertz CT molecular complexity index is 399. The van der Waals surface area contributed by atoms with Gasteiger partial charge in [0.2, 0.25) is 5.91 Å². The molecule has 0 spiro atoms. The lowest BCUT2D eigenvalue weighted by atomic mass is 10.0. The van der Waals surface area contributed by atoms with Crippen LogP contribution in [0, 0.1) is 5.92 Å². The number of hydrogen-bond acceptors (Lipinski definition) is 5. The van der Waals surface area contributed by atoms with Gasteiger partial charge < -0.3 is 16.2 Å². The topological polar surface area (TPSA) is 125 Å². The van der Waals surface area contributed by atoms with Crippen molar-refractivity contribution >= 4 is 17.9 Å². The first-order valence-electron chi connectivity index (χ1n) is 6.55. The number of nitrogens with two attached hydrogens (primary N) is 1. The van der Waals surface area contributed by atoms with Gasteiger partial charge in [-0.25, -0.2) is 4.79 Å². The molecular weight excluding hydrogens is 264 g/mol.